The lowest BCUT2D eigenvalue weighted by molar-refractivity contribution is 0.457. The Balaban J connectivity index is 2.31. The lowest BCUT2D eigenvalue weighted by Gasteiger charge is -2.17. The quantitative estimate of drug-likeness (QED) is 0.489. The summed E-state index contributed by atoms with van der Waals surface area (Å²) in [5.74, 6) is 5.79. The van der Waals surface area contributed by atoms with Crippen LogP contribution in [0.4, 0.5) is 5.82 Å². The molecule has 4 N–H and O–H groups in total. The molecular weight excluding hydrogens is 270 g/mol. The molecule has 9 nitrogen and oxygen atoms in total. The van der Waals surface area contributed by atoms with E-state index in [4.69, 9.17) is 5.84 Å². The van der Waals surface area contributed by atoms with Gasteiger partial charge in [-0.2, -0.15) is 9.40 Å². The predicted molar refractivity (Wildman–Crippen MR) is 67.1 cm³/mol. The molecule has 2 heterocycles. The average Bonchev–Trinajstić information content (AvgIpc) is 2.91. The summed E-state index contributed by atoms with van der Waals surface area (Å²) < 4.78 is 25.9. The number of nitrogens with zero attached hydrogens (tertiary/aromatic N) is 4. The van der Waals surface area contributed by atoms with Crippen LogP contribution in [-0.2, 0) is 16.6 Å². The Bertz CT molecular complexity index is 640. The highest BCUT2D eigenvalue weighted by atomic mass is 32.2. The molecule has 0 spiro atoms. The molecule has 0 bridgehead atoms. The van der Waals surface area contributed by atoms with Gasteiger partial charge in [0.1, 0.15) is 17.0 Å². The predicted octanol–water partition coefficient (Wildman–Crippen LogP) is -0.694. The monoisotopic (exact) mass is 283 g/mol. The maximum absolute atomic E-state index is 12.4. The number of pyridine rings is 1. The van der Waals surface area contributed by atoms with Gasteiger partial charge in [-0.15, -0.1) is 0 Å². The summed E-state index contributed by atoms with van der Waals surface area (Å²) in [6.45, 7) is 0.0707. The van der Waals surface area contributed by atoms with Crippen LogP contribution < -0.4 is 11.3 Å². The molecule has 19 heavy (non-hydrogen) atoms. The van der Waals surface area contributed by atoms with Gasteiger partial charge in [0, 0.05) is 13.2 Å². The van der Waals surface area contributed by atoms with Crippen molar-refractivity contribution in [2.75, 3.05) is 12.5 Å². The van der Waals surface area contributed by atoms with E-state index in [0.717, 1.165) is 4.31 Å². The molecule has 0 aliphatic carbocycles. The van der Waals surface area contributed by atoms with E-state index in [1.165, 1.54) is 31.7 Å². The van der Waals surface area contributed by atoms with Crippen LogP contribution in [0.15, 0.2) is 29.6 Å². The molecule has 0 fully saturated rings. The Morgan fingerprint density at radius 1 is 1.47 bits per heavy atom. The molecule has 2 aromatic heterocycles. The number of anilines is 1. The molecule has 0 saturated heterocycles. The molecular formula is C9H13N7O2S. The van der Waals surface area contributed by atoms with E-state index in [1.54, 1.807) is 0 Å². The highest BCUT2D eigenvalue weighted by Crippen LogP contribution is 2.21. The lowest BCUT2D eigenvalue weighted by Crippen LogP contribution is -2.28. The van der Waals surface area contributed by atoms with Crippen molar-refractivity contribution in [2.24, 2.45) is 5.84 Å². The van der Waals surface area contributed by atoms with Crippen LogP contribution >= 0.6 is 0 Å². The van der Waals surface area contributed by atoms with Gasteiger partial charge in [-0.25, -0.2) is 24.2 Å². The Morgan fingerprint density at radius 3 is 2.89 bits per heavy atom. The number of sulfonamides is 1. The van der Waals surface area contributed by atoms with E-state index in [9.17, 15) is 8.42 Å². The Morgan fingerprint density at radius 2 is 2.26 bits per heavy atom. The standard InChI is InChI=1S/C9H13N7O2S/c1-16(5-8-12-6-13-15-8)19(17,18)7-3-2-4-11-9(7)14-10/h2-4,6H,5,10H2,1H3,(H,11,14)(H,12,13,15). The number of rotatable bonds is 5. The molecule has 0 radical (unpaired) electrons. The Kier molecular flexibility index (Phi) is 3.74. The molecule has 10 heteroatoms. The van der Waals surface area contributed by atoms with Crippen molar-refractivity contribution in [3.05, 3.63) is 30.5 Å². The zero-order valence-electron chi connectivity index (χ0n) is 10.1. The third-order valence-corrected chi connectivity index (χ3v) is 4.27. The van der Waals surface area contributed by atoms with E-state index in [0.29, 0.717) is 5.82 Å². The fourth-order valence-corrected chi connectivity index (χ4v) is 2.71. The normalized spacial score (nSPS) is 11.7. The smallest absolute Gasteiger partial charge is 0.246 e. The molecule has 0 aliphatic heterocycles. The van der Waals surface area contributed by atoms with Gasteiger partial charge in [0.2, 0.25) is 10.0 Å². The minimum absolute atomic E-state index is 0.000449. The number of hydrogen-bond donors (Lipinski definition) is 3. The largest absolute Gasteiger partial charge is 0.307 e. The van der Waals surface area contributed by atoms with Gasteiger partial charge >= 0.3 is 0 Å². The fourth-order valence-electron chi connectivity index (χ4n) is 1.48. The van der Waals surface area contributed by atoms with Crippen LogP contribution in [0.25, 0.3) is 0 Å². The topological polar surface area (TPSA) is 130 Å². The molecule has 0 amide bonds. The van der Waals surface area contributed by atoms with Crippen LogP contribution in [0.1, 0.15) is 5.82 Å². The second kappa shape index (κ2) is 5.30. The average molecular weight is 283 g/mol. The molecule has 0 saturated carbocycles. The van der Waals surface area contributed by atoms with E-state index in [-0.39, 0.29) is 17.3 Å². The SMILES string of the molecule is CN(Cc1ncn[nH]1)S(=O)(=O)c1cccnc1NN. The van der Waals surface area contributed by atoms with Crippen molar-refractivity contribution in [2.45, 2.75) is 11.4 Å². The molecule has 0 aromatic carbocycles. The number of nitrogen functional groups attached to an aromatic ring is 1. The summed E-state index contributed by atoms with van der Waals surface area (Å²) in [6.07, 6.45) is 2.76. The van der Waals surface area contributed by atoms with E-state index in [1.807, 2.05) is 0 Å². The third-order valence-electron chi connectivity index (χ3n) is 2.43. The summed E-state index contributed by atoms with van der Waals surface area (Å²) >= 11 is 0. The van der Waals surface area contributed by atoms with Crippen molar-refractivity contribution in [1.82, 2.24) is 24.5 Å². The number of H-pyrrole nitrogens is 1. The summed E-state index contributed by atoms with van der Waals surface area (Å²) in [5, 5.41) is 6.26. The highest BCUT2D eigenvalue weighted by Gasteiger charge is 2.25. The van der Waals surface area contributed by atoms with Gasteiger partial charge in [-0.05, 0) is 12.1 Å². The summed E-state index contributed by atoms with van der Waals surface area (Å²) in [4.78, 5) is 7.74. The Labute approximate surface area is 109 Å². The van der Waals surface area contributed by atoms with Crippen LogP contribution in [0.2, 0.25) is 0 Å². The maximum Gasteiger partial charge on any atom is 0.246 e. The van der Waals surface area contributed by atoms with Gasteiger partial charge in [0.05, 0.1) is 6.54 Å². The van der Waals surface area contributed by atoms with Crippen LogP contribution in [0, 0.1) is 0 Å². The molecule has 0 atom stereocenters. The second-order valence-electron chi connectivity index (χ2n) is 3.69. The first-order valence-electron chi connectivity index (χ1n) is 5.28. The van der Waals surface area contributed by atoms with Crippen LogP contribution in [0.5, 0.6) is 0 Å². The Hall–Kier alpha value is -2.04. The molecule has 2 rings (SSSR count). The van der Waals surface area contributed by atoms with Crippen molar-refractivity contribution in [3.63, 3.8) is 0 Å². The molecule has 102 valence electrons. The van der Waals surface area contributed by atoms with Gasteiger partial charge in [0.15, 0.2) is 5.82 Å². The third kappa shape index (κ3) is 2.70. The van der Waals surface area contributed by atoms with E-state index in [2.05, 4.69) is 25.6 Å². The molecule has 0 aliphatic rings. The second-order valence-corrected chi connectivity index (χ2v) is 5.70. The zero-order chi connectivity index (χ0) is 13.9. The number of hydrazine groups is 1. The number of nitrogens with two attached hydrogens (primary N) is 1. The van der Waals surface area contributed by atoms with Gasteiger partial charge in [0.25, 0.3) is 0 Å². The first-order chi connectivity index (χ1) is 9.05. The summed E-state index contributed by atoms with van der Waals surface area (Å²) in [6, 6.07) is 2.95. The first kappa shape index (κ1) is 13.4. The van der Waals surface area contributed by atoms with Crippen LogP contribution in [-0.4, -0.2) is 39.9 Å². The zero-order valence-corrected chi connectivity index (χ0v) is 10.9. The maximum atomic E-state index is 12.4. The first-order valence-corrected chi connectivity index (χ1v) is 6.72. The van der Waals surface area contributed by atoms with Gasteiger partial charge in [-0.3, -0.25) is 5.10 Å². The number of nitrogens with one attached hydrogen (secondary N) is 2. The fraction of sp³-hybridized carbons (Fsp3) is 0.222. The van der Waals surface area contributed by atoms with Crippen molar-refractivity contribution < 1.29 is 8.42 Å². The minimum atomic E-state index is -3.72. The van der Waals surface area contributed by atoms with Crippen molar-refractivity contribution in [1.29, 1.82) is 0 Å². The molecule has 2 aromatic rings. The van der Waals surface area contributed by atoms with Gasteiger partial charge in [-0.1, -0.05) is 0 Å². The van der Waals surface area contributed by atoms with Crippen LogP contribution in [0.3, 0.4) is 0 Å². The highest BCUT2D eigenvalue weighted by molar-refractivity contribution is 7.89. The van der Waals surface area contributed by atoms with Gasteiger partial charge < -0.3 is 5.43 Å². The number of aromatic nitrogens is 4. The summed E-state index contributed by atoms with van der Waals surface area (Å²) in [5.41, 5.74) is 2.26. The van der Waals surface area contributed by atoms with Crippen molar-refractivity contribution >= 4 is 15.8 Å². The summed E-state index contributed by atoms with van der Waals surface area (Å²) in [7, 11) is -2.28. The lowest BCUT2D eigenvalue weighted by atomic mass is 10.5. The van der Waals surface area contributed by atoms with E-state index >= 15 is 0 Å². The van der Waals surface area contributed by atoms with E-state index < -0.39 is 10.0 Å². The minimum Gasteiger partial charge on any atom is -0.307 e. The molecule has 0 unspecified atom stereocenters. The number of aromatic amines is 1. The van der Waals surface area contributed by atoms with Crippen molar-refractivity contribution in [3.8, 4) is 0 Å². The number of hydrogen-bond acceptors (Lipinski definition) is 7.